The largest absolute Gasteiger partial charge is 0.469 e. The average molecular weight is 400 g/mol. The molecule has 0 aromatic rings. The van der Waals surface area contributed by atoms with Crippen LogP contribution in [0.15, 0.2) is 4.99 Å². The second-order valence-corrected chi connectivity index (χ2v) is 4.21. The van der Waals surface area contributed by atoms with Crippen molar-refractivity contribution in [1.82, 2.24) is 15.5 Å². The summed E-state index contributed by atoms with van der Waals surface area (Å²) in [6.45, 7) is 5.88. The lowest BCUT2D eigenvalue weighted by Crippen LogP contribution is -2.44. The molecule has 1 rings (SSSR count). The van der Waals surface area contributed by atoms with Gasteiger partial charge in [-0.1, -0.05) is 0 Å². The number of guanidine groups is 1. The number of hydrogen-bond donors (Lipinski definition) is 2. The summed E-state index contributed by atoms with van der Waals surface area (Å²) in [4.78, 5) is 17.4. The van der Waals surface area contributed by atoms with E-state index >= 15 is 0 Å². The Kier molecular flexibility index (Phi) is 11.8. The second-order valence-electron chi connectivity index (χ2n) is 4.21. The van der Waals surface area contributed by atoms with Gasteiger partial charge in [-0.05, 0) is 0 Å². The van der Waals surface area contributed by atoms with Crippen molar-refractivity contribution in [2.45, 2.75) is 6.42 Å². The minimum absolute atomic E-state index is 0. The van der Waals surface area contributed by atoms with Gasteiger partial charge in [0.2, 0.25) is 0 Å². The van der Waals surface area contributed by atoms with Gasteiger partial charge in [-0.3, -0.25) is 14.7 Å². The number of halogens is 1. The van der Waals surface area contributed by atoms with E-state index in [0.717, 1.165) is 39.4 Å². The van der Waals surface area contributed by atoms with Crippen LogP contribution in [-0.4, -0.2) is 76.9 Å². The third-order valence-electron chi connectivity index (χ3n) is 2.90. The van der Waals surface area contributed by atoms with Crippen molar-refractivity contribution in [1.29, 1.82) is 0 Å². The molecule has 0 aromatic heterocycles. The quantitative estimate of drug-likeness (QED) is 0.275. The summed E-state index contributed by atoms with van der Waals surface area (Å²) in [5, 5.41) is 6.28. The Morgan fingerprint density at radius 2 is 1.95 bits per heavy atom. The van der Waals surface area contributed by atoms with Crippen LogP contribution >= 0.6 is 24.0 Å². The zero-order valence-corrected chi connectivity index (χ0v) is 14.5. The number of methoxy groups -OCH3 is 1. The van der Waals surface area contributed by atoms with E-state index in [-0.39, 0.29) is 29.9 Å². The number of morpholine rings is 1. The fourth-order valence-corrected chi connectivity index (χ4v) is 1.76. The maximum atomic E-state index is 11.0. The molecular weight excluding hydrogens is 375 g/mol. The number of aliphatic imine (C=N–C) groups is 1. The Morgan fingerprint density at radius 1 is 1.30 bits per heavy atom. The number of esters is 1. The lowest BCUT2D eigenvalue weighted by atomic mass is 10.4. The van der Waals surface area contributed by atoms with Gasteiger partial charge in [-0.15, -0.1) is 24.0 Å². The molecule has 1 aliphatic heterocycles. The summed E-state index contributed by atoms with van der Waals surface area (Å²) in [5.41, 5.74) is 0. The molecule has 0 atom stereocenters. The zero-order chi connectivity index (χ0) is 13.9. The molecule has 0 bridgehead atoms. The van der Waals surface area contributed by atoms with Crippen molar-refractivity contribution >= 4 is 35.9 Å². The minimum Gasteiger partial charge on any atom is -0.469 e. The third kappa shape index (κ3) is 8.54. The van der Waals surface area contributed by atoms with E-state index in [1.165, 1.54) is 7.11 Å². The topological polar surface area (TPSA) is 75.2 Å². The highest BCUT2D eigenvalue weighted by Gasteiger charge is 2.09. The maximum absolute atomic E-state index is 11.0. The number of rotatable bonds is 6. The number of hydrogen-bond acceptors (Lipinski definition) is 5. The van der Waals surface area contributed by atoms with Crippen LogP contribution in [0.4, 0.5) is 0 Å². The van der Waals surface area contributed by atoms with Gasteiger partial charge < -0.3 is 20.1 Å². The summed E-state index contributed by atoms with van der Waals surface area (Å²) in [6, 6.07) is 0. The molecule has 8 heteroatoms. The Balaban J connectivity index is 0.00000361. The SMILES string of the molecule is CN=C(NCCC(=O)OC)NCCN1CCOCC1.I. The number of carbonyl (C=O) groups is 1. The highest BCUT2D eigenvalue weighted by atomic mass is 127. The van der Waals surface area contributed by atoms with Crippen LogP contribution in [0.25, 0.3) is 0 Å². The van der Waals surface area contributed by atoms with Gasteiger partial charge in [0.1, 0.15) is 0 Å². The predicted molar refractivity (Wildman–Crippen MR) is 88.7 cm³/mol. The number of nitrogens with one attached hydrogen (secondary N) is 2. The summed E-state index contributed by atoms with van der Waals surface area (Å²) >= 11 is 0. The van der Waals surface area contributed by atoms with Crippen LogP contribution in [0.1, 0.15) is 6.42 Å². The van der Waals surface area contributed by atoms with Crippen molar-refractivity contribution in [3.8, 4) is 0 Å². The summed E-state index contributed by atoms with van der Waals surface area (Å²) < 4.78 is 9.86. The molecule has 1 heterocycles. The molecule has 0 spiro atoms. The van der Waals surface area contributed by atoms with Crippen molar-refractivity contribution < 1.29 is 14.3 Å². The number of ether oxygens (including phenoxy) is 2. The Hall–Kier alpha value is -0.610. The van der Waals surface area contributed by atoms with Gasteiger partial charge in [0, 0.05) is 39.8 Å². The van der Waals surface area contributed by atoms with E-state index in [2.05, 4.69) is 25.3 Å². The summed E-state index contributed by atoms with van der Waals surface area (Å²) in [6.07, 6.45) is 0.334. The molecule has 1 saturated heterocycles. The smallest absolute Gasteiger partial charge is 0.307 e. The first-order valence-corrected chi connectivity index (χ1v) is 6.57. The first-order valence-electron chi connectivity index (χ1n) is 6.57. The molecule has 1 fully saturated rings. The molecule has 0 radical (unpaired) electrons. The van der Waals surface area contributed by atoms with E-state index in [9.17, 15) is 4.79 Å². The highest BCUT2D eigenvalue weighted by Crippen LogP contribution is 1.94. The standard InChI is InChI=1S/C12H24N4O3.HI/c1-13-12(14-4-3-11(17)18-2)15-5-6-16-7-9-19-10-8-16;/h3-10H2,1-2H3,(H2,13,14,15);1H. The van der Waals surface area contributed by atoms with Gasteiger partial charge in [-0.2, -0.15) is 0 Å². The fourth-order valence-electron chi connectivity index (χ4n) is 1.76. The van der Waals surface area contributed by atoms with E-state index in [4.69, 9.17) is 4.74 Å². The lowest BCUT2D eigenvalue weighted by Gasteiger charge is -2.26. The number of nitrogens with zero attached hydrogens (tertiary/aromatic N) is 2. The zero-order valence-electron chi connectivity index (χ0n) is 12.2. The average Bonchev–Trinajstić information content (AvgIpc) is 2.46. The molecule has 20 heavy (non-hydrogen) atoms. The van der Waals surface area contributed by atoms with Gasteiger partial charge in [0.05, 0.1) is 26.7 Å². The van der Waals surface area contributed by atoms with Gasteiger partial charge in [0.15, 0.2) is 5.96 Å². The molecule has 0 saturated carbocycles. The van der Waals surface area contributed by atoms with Crippen LogP contribution < -0.4 is 10.6 Å². The van der Waals surface area contributed by atoms with E-state index < -0.39 is 0 Å². The Labute approximate surface area is 137 Å². The molecule has 0 aliphatic carbocycles. The van der Waals surface area contributed by atoms with Crippen molar-refractivity contribution in [3.05, 3.63) is 0 Å². The van der Waals surface area contributed by atoms with E-state index in [1.54, 1.807) is 7.05 Å². The van der Waals surface area contributed by atoms with E-state index in [0.29, 0.717) is 18.9 Å². The molecule has 7 nitrogen and oxygen atoms in total. The Morgan fingerprint density at radius 3 is 2.55 bits per heavy atom. The maximum Gasteiger partial charge on any atom is 0.307 e. The summed E-state index contributed by atoms with van der Waals surface area (Å²) in [7, 11) is 3.10. The second kappa shape index (κ2) is 12.2. The molecule has 118 valence electrons. The third-order valence-corrected chi connectivity index (χ3v) is 2.90. The van der Waals surface area contributed by atoms with Crippen molar-refractivity contribution in [3.63, 3.8) is 0 Å². The molecular formula is C12H25IN4O3. The molecule has 2 N–H and O–H groups in total. The van der Waals surface area contributed by atoms with Crippen LogP contribution in [-0.2, 0) is 14.3 Å². The predicted octanol–water partition coefficient (Wildman–Crippen LogP) is -0.335. The first-order chi connectivity index (χ1) is 9.26. The van der Waals surface area contributed by atoms with Gasteiger partial charge in [0.25, 0.3) is 0 Å². The Bertz CT molecular complexity index is 296. The van der Waals surface area contributed by atoms with Crippen LogP contribution in [0, 0.1) is 0 Å². The molecule has 0 aromatic carbocycles. The fraction of sp³-hybridized carbons (Fsp3) is 0.833. The monoisotopic (exact) mass is 400 g/mol. The van der Waals surface area contributed by atoms with Crippen molar-refractivity contribution in [2.24, 2.45) is 4.99 Å². The van der Waals surface area contributed by atoms with Crippen LogP contribution in [0.5, 0.6) is 0 Å². The van der Waals surface area contributed by atoms with Gasteiger partial charge >= 0.3 is 5.97 Å². The first kappa shape index (κ1) is 19.4. The normalized spacial score (nSPS) is 16.2. The molecule has 0 amide bonds. The summed E-state index contributed by atoms with van der Waals surface area (Å²) in [5.74, 6) is 0.480. The van der Waals surface area contributed by atoms with Gasteiger partial charge in [-0.25, -0.2) is 0 Å². The molecule has 1 aliphatic rings. The molecule has 0 unspecified atom stereocenters. The van der Waals surface area contributed by atoms with Crippen molar-refractivity contribution in [2.75, 3.05) is 60.1 Å². The van der Waals surface area contributed by atoms with Crippen LogP contribution in [0.2, 0.25) is 0 Å². The highest BCUT2D eigenvalue weighted by molar-refractivity contribution is 14.0. The van der Waals surface area contributed by atoms with E-state index in [1.807, 2.05) is 0 Å². The van der Waals surface area contributed by atoms with Crippen LogP contribution in [0.3, 0.4) is 0 Å². The minimum atomic E-state index is -0.226. The lowest BCUT2D eigenvalue weighted by molar-refractivity contribution is -0.140. The number of carbonyl (C=O) groups excluding carboxylic acids is 1.